The molecule has 0 aromatic carbocycles. The second kappa shape index (κ2) is 5.79. The van der Waals surface area contributed by atoms with Crippen molar-refractivity contribution in [3.05, 3.63) is 30.4 Å². The van der Waals surface area contributed by atoms with Gasteiger partial charge in [-0.3, -0.25) is 4.68 Å². The third kappa shape index (κ3) is 3.48. The minimum Gasteiger partial charge on any atom is -0.305 e. The van der Waals surface area contributed by atoms with Gasteiger partial charge in [-0.05, 0) is 19.7 Å². The van der Waals surface area contributed by atoms with Gasteiger partial charge < -0.3 is 4.90 Å². The minimum atomic E-state index is 0.0745. The maximum atomic E-state index is 4.63. The largest absolute Gasteiger partial charge is 0.305 e. The van der Waals surface area contributed by atoms with Crippen LogP contribution >= 0.6 is 0 Å². The fraction of sp³-hybridized carbons (Fsp3) is 0.600. The lowest BCUT2D eigenvalue weighted by Crippen LogP contribution is -2.22. The zero-order valence-corrected chi connectivity index (χ0v) is 13.2. The van der Waals surface area contributed by atoms with Gasteiger partial charge in [0, 0.05) is 18.2 Å². The zero-order chi connectivity index (χ0) is 14.8. The van der Waals surface area contributed by atoms with Crippen LogP contribution in [0.3, 0.4) is 0 Å². The number of likely N-dealkylation sites (N-methyl/N-ethyl adjacent to an activating group) is 1. The molecule has 0 saturated heterocycles. The van der Waals surface area contributed by atoms with Crippen LogP contribution in [0, 0.1) is 0 Å². The molecule has 0 bridgehead atoms. The van der Waals surface area contributed by atoms with Gasteiger partial charge in [-0.15, -0.1) is 0 Å². The first-order valence-corrected chi connectivity index (χ1v) is 7.17. The van der Waals surface area contributed by atoms with E-state index in [1.807, 2.05) is 28.0 Å². The molecule has 5 nitrogen and oxygen atoms in total. The highest BCUT2D eigenvalue weighted by atomic mass is 15.3. The average Bonchev–Trinajstić information content (AvgIpc) is 3.03. The van der Waals surface area contributed by atoms with Crippen molar-refractivity contribution in [3.8, 4) is 5.69 Å². The van der Waals surface area contributed by atoms with Crippen LogP contribution in [0.5, 0.6) is 0 Å². The van der Waals surface area contributed by atoms with E-state index in [1.54, 1.807) is 0 Å². The molecule has 0 saturated carbocycles. The van der Waals surface area contributed by atoms with Crippen molar-refractivity contribution < 1.29 is 0 Å². The summed E-state index contributed by atoms with van der Waals surface area (Å²) in [5.41, 5.74) is 2.18. The van der Waals surface area contributed by atoms with E-state index in [0.29, 0.717) is 0 Å². The van der Waals surface area contributed by atoms with Crippen molar-refractivity contribution in [1.82, 2.24) is 24.5 Å². The van der Waals surface area contributed by atoms with Gasteiger partial charge in [0.25, 0.3) is 0 Å². The summed E-state index contributed by atoms with van der Waals surface area (Å²) in [6.45, 7) is 11.6. The predicted octanol–water partition coefficient (Wildman–Crippen LogP) is 2.32. The van der Waals surface area contributed by atoms with Gasteiger partial charge in [0.1, 0.15) is 5.69 Å². The van der Waals surface area contributed by atoms with E-state index in [4.69, 9.17) is 0 Å². The van der Waals surface area contributed by atoms with E-state index in [1.165, 1.54) is 0 Å². The summed E-state index contributed by atoms with van der Waals surface area (Å²) in [6, 6.07) is 2.07. The van der Waals surface area contributed by atoms with E-state index in [-0.39, 0.29) is 5.41 Å². The van der Waals surface area contributed by atoms with Crippen LogP contribution < -0.4 is 0 Å². The van der Waals surface area contributed by atoms with E-state index in [0.717, 1.165) is 31.0 Å². The Kier molecular flexibility index (Phi) is 4.28. The molecule has 0 fully saturated rings. The lowest BCUT2D eigenvalue weighted by atomic mass is 9.93. The van der Waals surface area contributed by atoms with Crippen LogP contribution in [-0.2, 0) is 12.0 Å². The van der Waals surface area contributed by atoms with Crippen molar-refractivity contribution in [3.63, 3.8) is 0 Å². The van der Waals surface area contributed by atoms with Gasteiger partial charge in [-0.2, -0.15) is 10.2 Å². The van der Waals surface area contributed by atoms with E-state index < -0.39 is 0 Å². The molecule has 20 heavy (non-hydrogen) atoms. The Balaban J connectivity index is 2.07. The summed E-state index contributed by atoms with van der Waals surface area (Å²) in [4.78, 5) is 2.27. The minimum absolute atomic E-state index is 0.0745. The first-order chi connectivity index (χ1) is 9.40. The quantitative estimate of drug-likeness (QED) is 0.840. The highest BCUT2D eigenvalue weighted by Gasteiger charge is 2.17. The van der Waals surface area contributed by atoms with Gasteiger partial charge in [0.2, 0.25) is 0 Å². The lowest BCUT2D eigenvalue weighted by Gasteiger charge is -2.14. The second-order valence-corrected chi connectivity index (χ2v) is 6.25. The van der Waals surface area contributed by atoms with Crippen molar-refractivity contribution in [2.24, 2.45) is 0 Å². The lowest BCUT2D eigenvalue weighted by molar-refractivity contribution is 0.328. The van der Waals surface area contributed by atoms with E-state index in [9.17, 15) is 0 Å². The summed E-state index contributed by atoms with van der Waals surface area (Å²) >= 11 is 0. The Morgan fingerprint density at radius 3 is 2.65 bits per heavy atom. The van der Waals surface area contributed by atoms with Crippen LogP contribution in [0.15, 0.2) is 24.7 Å². The molecule has 0 N–H and O–H groups in total. The van der Waals surface area contributed by atoms with Crippen LogP contribution in [0.25, 0.3) is 5.69 Å². The van der Waals surface area contributed by atoms with Crippen LogP contribution in [0.1, 0.15) is 33.4 Å². The molecule has 0 aliphatic heterocycles. The molecule has 2 aromatic rings. The first-order valence-electron chi connectivity index (χ1n) is 7.17. The summed E-state index contributed by atoms with van der Waals surface area (Å²) in [7, 11) is 2.12. The molecule has 0 amide bonds. The Hall–Kier alpha value is -1.62. The predicted molar refractivity (Wildman–Crippen MR) is 81.2 cm³/mol. The van der Waals surface area contributed by atoms with Crippen LogP contribution in [-0.4, -0.2) is 44.6 Å². The van der Waals surface area contributed by atoms with Crippen LogP contribution in [0.2, 0.25) is 0 Å². The van der Waals surface area contributed by atoms with Crippen molar-refractivity contribution in [1.29, 1.82) is 0 Å². The highest BCUT2D eigenvalue weighted by molar-refractivity contribution is 5.26. The third-order valence-corrected chi connectivity index (χ3v) is 3.49. The zero-order valence-electron chi connectivity index (χ0n) is 13.2. The number of aromatic nitrogens is 4. The Bertz CT molecular complexity index is 547. The summed E-state index contributed by atoms with van der Waals surface area (Å²) in [6.07, 6.45) is 5.91. The Morgan fingerprint density at radius 1 is 1.30 bits per heavy atom. The maximum absolute atomic E-state index is 4.63. The van der Waals surface area contributed by atoms with Crippen molar-refractivity contribution in [2.45, 2.75) is 39.7 Å². The summed E-state index contributed by atoms with van der Waals surface area (Å²) in [5.74, 6) is 0. The molecule has 0 radical (unpaired) electrons. The van der Waals surface area contributed by atoms with E-state index in [2.05, 4.69) is 55.9 Å². The molecule has 0 atom stereocenters. The molecular weight excluding hydrogens is 250 g/mol. The molecule has 2 rings (SSSR count). The molecule has 0 aliphatic carbocycles. The van der Waals surface area contributed by atoms with Crippen molar-refractivity contribution >= 4 is 0 Å². The fourth-order valence-electron chi connectivity index (χ4n) is 1.89. The number of nitrogens with zero attached hydrogens (tertiary/aromatic N) is 5. The number of hydrogen-bond donors (Lipinski definition) is 0. The monoisotopic (exact) mass is 275 g/mol. The van der Waals surface area contributed by atoms with E-state index >= 15 is 0 Å². The fourth-order valence-corrected chi connectivity index (χ4v) is 1.89. The van der Waals surface area contributed by atoms with Gasteiger partial charge in [0.15, 0.2) is 0 Å². The number of hydrogen-bond acceptors (Lipinski definition) is 3. The average molecular weight is 275 g/mol. The van der Waals surface area contributed by atoms with Gasteiger partial charge in [-0.25, -0.2) is 4.68 Å². The summed E-state index contributed by atoms with van der Waals surface area (Å²) < 4.78 is 3.87. The molecule has 0 spiro atoms. The molecule has 5 heteroatoms. The SMILES string of the molecule is CCN(C)CCn1cc(-n2ccc(C(C)(C)C)n2)cn1. The molecule has 2 aromatic heterocycles. The molecule has 110 valence electrons. The standard InChI is InChI=1S/C15H25N5/c1-6-18(5)9-10-19-12-13(11-16-19)20-8-7-14(17-20)15(2,3)4/h7-8,11-12H,6,9-10H2,1-5H3. The normalized spacial score (nSPS) is 12.3. The van der Waals surface area contributed by atoms with Gasteiger partial charge in [0.05, 0.1) is 24.6 Å². The topological polar surface area (TPSA) is 38.9 Å². The molecule has 0 aliphatic rings. The van der Waals surface area contributed by atoms with Crippen LogP contribution in [0.4, 0.5) is 0 Å². The third-order valence-electron chi connectivity index (χ3n) is 3.49. The number of rotatable bonds is 5. The molecule has 0 unspecified atom stereocenters. The molecular formula is C15H25N5. The Morgan fingerprint density at radius 2 is 2.05 bits per heavy atom. The second-order valence-electron chi connectivity index (χ2n) is 6.25. The maximum Gasteiger partial charge on any atom is 0.102 e. The van der Waals surface area contributed by atoms with Gasteiger partial charge >= 0.3 is 0 Å². The molecule has 2 heterocycles. The smallest absolute Gasteiger partial charge is 0.102 e. The van der Waals surface area contributed by atoms with Gasteiger partial charge in [-0.1, -0.05) is 27.7 Å². The van der Waals surface area contributed by atoms with Crippen molar-refractivity contribution in [2.75, 3.05) is 20.1 Å². The highest BCUT2D eigenvalue weighted by Crippen LogP contribution is 2.20. The summed E-state index contributed by atoms with van der Waals surface area (Å²) in [5, 5.41) is 9.03. The first kappa shape index (κ1) is 14.8. The Labute approximate surface area is 121 Å².